The predicted molar refractivity (Wildman–Crippen MR) is 346 cm³/mol. The number of unbranched alkanes of at least 4 members (excludes halogenated alkanes) is 2. The summed E-state index contributed by atoms with van der Waals surface area (Å²) >= 11 is 1.43. The number of aromatic nitrogens is 1. The van der Waals surface area contributed by atoms with Crippen molar-refractivity contribution in [3.8, 4) is 28.7 Å². The highest BCUT2D eigenvalue weighted by Crippen LogP contribution is 2.34. The van der Waals surface area contributed by atoms with Crippen molar-refractivity contribution in [2.45, 2.75) is 95.7 Å². The summed E-state index contributed by atoms with van der Waals surface area (Å²) in [6.07, 6.45) is 10.4. The second-order valence-electron chi connectivity index (χ2n) is 21.9. The van der Waals surface area contributed by atoms with Crippen LogP contribution in [0.1, 0.15) is 88.2 Å². The minimum absolute atomic E-state index is 0.0186. The fraction of sp³-hybridized carbons (Fsp3) is 0.400. The average Bonchev–Trinajstić information content (AvgIpc) is 1.44. The fourth-order valence-electron chi connectivity index (χ4n) is 9.88. The number of benzene rings is 4. The zero-order chi connectivity index (χ0) is 66.9. The van der Waals surface area contributed by atoms with Gasteiger partial charge in [0.25, 0.3) is 0 Å². The number of nitrogens with one attached hydrogen (secondary N) is 1. The Morgan fingerprint density at radius 2 is 0.947 bits per heavy atom. The number of para-hydroxylation sites is 1. The van der Waals surface area contributed by atoms with Crippen LogP contribution in [0.25, 0.3) is 10.2 Å². The van der Waals surface area contributed by atoms with Crippen LogP contribution in [0.3, 0.4) is 0 Å². The van der Waals surface area contributed by atoms with Crippen LogP contribution < -0.4 is 29.1 Å². The summed E-state index contributed by atoms with van der Waals surface area (Å²) < 4.78 is 67.9. The summed E-state index contributed by atoms with van der Waals surface area (Å²) in [5, 5.41) is 5.01. The van der Waals surface area contributed by atoms with E-state index in [1.54, 1.807) is 60.7 Å². The topological polar surface area (TPSA) is 285 Å². The standard InChI is InChI=1S/C70H79N3O20S/c1-5-62(74)84-38-13-11-36-82-43-57(89-64(76)7-3)45-87-53-26-30-55(31-27-53)91-67(79)49-20-18-48(19-21-49)66(78)86-40-35-47-17-34-60(52(41-47)42-71-73-70-72-59-15-9-10-16-61(59)94-70)93-69(81)51-24-22-50(23-25-51)68(80)92-56-32-28-54(29-33-56)88-46-58(90-65(77)8-4)44-83-37-12-14-39-85-63(75)6-2/h5-10,15-17,26-34,41-42,48-51,57-58H,1-4,11-14,18-25,35-40,43-46H2,(H,72,73)/b71-42+. The summed E-state index contributed by atoms with van der Waals surface area (Å²) in [6.45, 7) is 14.9. The quantitative estimate of drug-likeness (QED) is 0.00727. The number of anilines is 1. The van der Waals surface area contributed by atoms with Crippen LogP contribution in [0.15, 0.2) is 147 Å². The number of ether oxygens (including phenoxy) is 12. The third-order valence-electron chi connectivity index (χ3n) is 15.0. The molecule has 2 fully saturated rings. The Bertz CT molecular complexity index is 3350. The molecule has 1 aromatic heterocycles. The third kappa shape index (κ3) is 24.8. The lowest BCUT2D eigenvalue weighted by Crippen LogP contribution is -2.30. The van der Waals surface area contributed by atoms with Crippen molar-refractivity contribution in [2.75, 3.05) is 64.9 Å². The largest absolute Gasteiger partial charge is 0.490 e. The van der Waals surface area contributed by atoms with Crippen molar-refractivity contribution in [3.63, 3.8) is 0 Å². The number of carbonyl (C=O) groups is 8. The minimum Gasteiger partial charge on any atom is -0.490 e. The Morgan fingerprint density at radius 1 is 0.500 bits per heavy atom. The third-order valence-corrected chi connectivity index (χ3v) is 16.0. The van der Waals surface area contributed by atoms with E-state index in [1.807, 2.05) is 30.3 Å². The summed E-state index contributed by atoms with van der Waals surface area (Å²) in [5.41, 5.74) is 5.08. The highest BCUT2D eigenvalue weighted by Gasteiger charge is 2.34. The van der Waals surface area contributed by atoms with Crippen LogP contribution >= 0.6 is 11.3 Å². The van der Waals surface area contributed by atoms with Crippen molar-refractivity contribution >= 4 is 80.7 Å². The normalized spacial score (nSPS) is 16.6. The van der Waals surface area contributed by atoms with E-state index in [2.05, 4.69) is 41.8 Å². The summed E-state index contributed by atoms with van der Waals surface area (Å²) in [7, 11) is 0. The summed E-state index contributed by atoms with van der Waals surface area (Å²) in [4.78, 5) is 105. The zero-order valence-electron chi connectivity index (χ0n) is 52.4. The van der Waals surface area contributed by atoms with E-state index in [-0.39, 0.29) is 58.0 Å². The fourth-order valence-corrected chi connectivity index (χ4v) is 10.7. The molecule has 0 radical (unpaired) electrons. The highest BCUT2D eigenvalue weighted by molar-refractivity contribution is 7.22. The predicted octanol–water partition coefficient (Wildman–Crippen LogP) is 10.6. The Balaban J connectivity index is 0.836. The lowest BCUT2D eigenvalue weighted by atomic mass is 9.82. The molecule has 2 saturated carbocycles. The first-order valence-corrected chi connectivity index (χ1v) is 32.0. The van der Waals surface area contributed by atoms with Crippen LogP contribution in [0.2, 0.25) is 0 Å². The molecule has 7 rings (SSSR count). The number of hydrogen-bond donors (Lipinski definition) is 1. The van der Waals surface area contributed by atoms with Gasteiger partial charge in [0.2, 0.25) is 5.13 Å². The molecule has 5 aromatic rings. The number of hydrazone groups is 1. The number of esters is 8. The molecule has 2 aliphatic carbocycles. The van der Waals surface area contributed by atoms with Crippen molar-refractivity contribution in [1.29, 1.82) is 0 Å². The van der Waals surface area contributed by atoms with Crippen molar-refractivity contribution in [3.05, 3.63) is 153 Å². The molecule has 0 bridgehead atoms. The maximum atomic E-state index is 13.8. The number of thiazole rings is 1. The zero-order valence-corrected chi connectivity index (χ0v) is 53.2. The number of rotatable bonds is 39. The van der Waals surface area contributed by atoms with Gasteiger partial charge in [0, 0.05) is 49.5 Å². The second-order valence-corrected chi connectivity index (χ2v) is 22.9. The molecule has 0 saturated heterocycles. The Morgan fingerprint density at radius 3 is 1.43 bits per heavy atom. The average molecular weight is 1310 g/mol. The van der Waals surface area contributed by atoms with Gasteiger partial charge in [-0.2, -0.15) is 5.10 Å². The minimum atomic E-state index is -0.744. The Labute approximate surface area is 549 Å². The lowest BCUT2D eigenvalue weighted by Gasteiger charge is -2.26. The molecule has 1 heterocycles. The van der Waals surface area contributed by atoms with Gasteiger partial charge >= 0.3 is 47.8 Å². The molecule has 500 valence electrons. The number of nitrogens with zero attached hydrogens (tertiary/aromatic N) is 2. The number of carbonyl (C=O) groups excluding carboxylic acids is 8. The Hall–Kier alpha value is -9.52. The van der Waals surface area contributed by atoms with E-state index < -0.39 is 77.7 Å². The molecular weight excluding hydrogens is 1230 g/mol. The van der Waals surface area contributed by atoms with Gasteiger partial charge in [-0.1, -0.05) is 55.9 Å². The molecule has 94 heavy (non-hydrogen) atoms. The summed E-state index contributed by atoms with van der Waals surface area (Å²) in [5.74, 6) is -3.87. The molecule has 2 unspecified atom stereocenters. The van der Waals surface area contributed by atoms with Gasteiger partial charge in [-0.15, -0.1) is 0 Å². The molecular formula is C70H79N3O20S. The summed E-state index contributed by atoms with van der Waals surface area (Å²) in [6, 6.07) is 25.9. The van der Waals surface area contributed by atoms with Crippen LogP contribution in [0.4, 0.5) is 5.13 Å². The van der Waals surface area contributed by atoms with Crippen molar-refractivity contribution < 1.29 is 95.2 Å². The van der Waals surface area contributed by atoms with E-state index in [0.717, 1.165) is 40.1 Å². The van der Waals surface area contributed by atoms with Gasteiger partial charge in [-0.3, -0.25) is 24.6 Å². The molecule has 1 N–H and O–H groups in total. The molecule has 0 aliphatic heterocycles. The molecule has 0 amide bonds. The molecule has 4 aromatic carbocycles. The van der Waals surface area contributed by atoms with Crippen LogP contribution in [0, 0.1) is 23.7 Å². The highest BCUT2D eigenvalue weighted by atomic mass is 32.1. The number of hydrogen-bond acceptors (Lipinski definition) is 24. The molecule has 2 aliphatic rings. The van der Waals surface area contributed by atoms with E-state index in [0.29, 0.717) is 130 Å². The molecule has 2 atom stereocenters. The van der Waals surface area contributed by atoms with Gasteiger partial charge in [-0.25, -0.2) is 24.2 Å². The monoisotopic (exact) mass is 1310 g/mol. The van der Waals surface area contributed by atoms with Crippen LogP contribution in [-0.2, 0) is 77.9 Å². The SMILES string of the molecule is C=CC(=O)OCCCCOCC(COc1ccc(OC(=O)C2CCC(C(=O)OCCc3ccc(OC(=O)C4CCC(C(=O)Oc5ccc(OCC(COCCCCOC(=O)C=C)OC(=O)C=C)cc5)CC4)c(/C=N/Nc4nc5ccccc5s4)c3)CC2)cc1)OC(=O)C=C. The number of fused-ring (bicyclic) bond motifs is 1. The lowest BCUT2D eigenvalue weighted by molar-refractivity contribution is -0.152. The van der Waals surface area contributed by atoms with Gasteiger partial charge in [0.15, 0.2) is 12.2 Å². The second kappa shape index (κ2) is 39.1. The first kappa shape index (κ1) is 71.9. The molecule has 0 spiro atoms. The van der Waals surface area contributed by atoms with E-state index in [9.17, 15) is 38.4 Å². The first-order valence-electron chi connectivity index (χ1n) is 31.1. The van der Waals surface area contributed by atoms with Gasteiger partial charge in [0.1, 0.15) is 42.0 Å². The maximum absolute atomic E-state index is 13.8. The van der Waals surface area contributed by atoms with E-state index in [4.69, 9.17) is 56.8 Å². The van der Waals surface area contributed by atoms with Crippen molar-refractivity contribution in [1.82, 2.24) is 4.98 Å². The van der Waals surface area contributed by atoms with Gasteiger partial charge in [0.05, 0.1) is 73.1 Å². The molecule has 23 nitrogen and oxygen atoms in total. The van der Waals surface area contributed by atoms with Crippen LogP contribution in [0.5, 0.6) is 28.7 Å². The first-order chi connectivity index (χ1) is 45.7. The smallest absolute Gasteiger partial charge is 0.330 e. The van der Waals surface area contributed by atoms with E-state index >= 15 is 0 Å². The Kier molecular flexibility index (Phi) is 29.9. The van der Waals surface area contributed by atoms with Gasteiger partial charge in [-0.05, 0) is 155 Å². The van der Waals surface area contributed by atoms with Crippen LogP contribution in [-0.4, -0.2) is 131 Å². The molecule has 24 heteroatoms. The maximum Gasteiger partial charge on any atom is 0.330 e. The van der Waals surface area contributed by atoms with Crippen molar-refractivity contribution in [2.24, 2.45) is 28.8 Å². The van der Waals surface area contributed by atoms with Gasteiger partial charge < -0.3 is 56.8 Å². The van der Waals surface area contributed by atoms with E-state index in [1.165, 1.54) is 17.6 Å².